The van der Waals surface area contributed by atoms with Gasteiger partial charge in [-0.05, 0) is 31.9 Å². The molecule has 0 saturated heterocycles. The molecule has 0 fully saturated rings. The third kappa shape index (κ3) is 3.13. The van der Waals surface area contributed by atoms with Crippen LogP contribution >= 0.6 is 0 Å². The van der Waals surface area contributed by atoms with Gasteiger partial charge in [0.1, 0.15) is 5.82 Å². The van der Waals surface area contributed by atoms with Crippen LogP contribution in [0.15, 0.2) is 24.3 Å². The van der Waals surface area contributed by atoms with Gasteiger partial charge >= 0.3 is 0 Å². The van der Waals surface area contributed by atoms with Gasteiger partial charge in [-0.2, -0.15) is 4.98 Å². The Kier molecular flexibility index (Phi) is 4.20. The zero-order valence-electron chi connectivity index (χ0n) is 12.1. The first-order valence-corrected chi connectivity index (χ1v) is 6.89. The monoisotopic (exact) mass is 258 g/mol. The number of hydrogen-bond acceptors (Lipinski definition) is 4. The molecule has 1 aromatic carbocycles. The van der Waals surface area contributed by atoms with Crippen molar-refractivity contribution in [3.8, 4) is 0 Å². The van der Waals surface area contributed by atoms with E-state index in [4.69, 9.17) is 0 Å². The lowest BCUT2D eigenvalue weighted by atomic mass is 10.1. The minimum Gasteiger partial charge on any atom is -0.367 e. The van der Waals surface area contributed by atoms with Crippen LogP contribution in [0.25, 0.3) is 10.9 Å². The largest absolute Gasteiger partial charge is 0.367 e. The van der Waals surface area contributed by atoms with Gasteiger partial charge in [0.15, 0.2) is 0 Å². The van der Waals surface area contributed by atoms with E-state index in [9.17, 15) is 0 Å². The second kappa shape index (κ2) is 5.87. The maximum Gasteiger partial charge on any atom is 0.225 e. The zero-order chi connectivity index (χ0) is 13.8. The van der Waals surface area contributed by atoms with Crippen LogP contribution in [0.3, 0.4) is 0 Å². The van der Waals surface area contributed by atoms with Crippen LogP contribution in [0, 0.1) is 5.92 Å². The summed E-state index contributed by atoms with van der Waals surface area (Å²) >= 11 is 0. The van der Waals surface area contributed by atoms with Crippen molar-refractivity contribution in [1.82, 2.24) is 9.97 Å². The summed E-state index contributed by atoms with van der Waals surface area (Å²) in [4.78, 5) is 9.10. The smallest absolute Gasteiger partial charge is 0.225 e. The molecule has 1 aromatic heterocycles. The van der Waals surface area contributed by atoms with E-state index in [2.05, 4.69) is 47.4 Å². The number of nitrogens with zero attached hydrogens (tertiary/aromatic N) is 2. The summed E-state index contributed by atoms with van der Waals surface area (Å²) in [6.45, 7) is 9.44. The first-order valence-electron chi connectivity index (χ1n) is 6.89. The van der Waals surface area contributed by atoms with Gasteiger partial charge in [-0.3, -0.25) is 0 Å². The molecule has 2 N–H and O–H groups in total. The molecule has 0 aliphatic heterocycles. The van der Waals surface area contributed by atoms with Crippen molar-refractivity contribution in [1.29, 1.82) is 0 Å². The molecule has 0 amide bonds. The van der Waals surface area contributed by atoms with E-state index >= 15 is 0 Å². The average molecular weight is 258 g/mol. The molecule has 0 saturated carbocycles. The highest BCUT2D eigenvalue weighted by atomic mass is 15.1. The predicted octanol–water partition coefficient (Wildman–Crippen LogP) is 3.52. The quantitative estimate of drug-likeness (QED) is 0.861. The Balaban J connectivity index is 2.44. The number of rotatable bonds is 5. The van der Waals surface area contributed by atoms with Crippen molar-refractivity contribution >= 4 is 22.7 Å². The Hall–Kier alpha value is -1.84. The van der Waals surface area contributed by atoms with Crippen LogP contribution in [0.4, 0.5) is 11.8 Å². The Labute approximate surface area is 114 Å². The summed E-state index contributed by atoms with van der Waals surface area (Å²) < 4.78 is 0. The second-order valence-corrected chi connectivity index (χ2v) is 5.12. The summed E-state index contributed by atoms with van der Waals surface area (Å²) in [7, 11) is 0. The Morgan fingerprint density at radius 1 is 1.11 bits per heavy atom. The maximum atomic E-state index is 4.58. The zero-order valence-corrected chi connectivity index (χ0v) is 12.1. The minimum atomic E-state index is 0.368. The highest BCUT2D eigenvalue weighted by Crippen LogP contribution is 2.23. The molecule has 0 radical (unpaired) electrons. The third-order valence-corrected chi connectivity index (χ3v) is 3.30. The Bertz CT molecular complexity index is 551. The summed E-state index contributed by atoms with van der Waals surface area (Å²) in [5.74, 6) is 2.14. The molecule has 0 aliphatic carbocycles. The van der Waals surface area contributed by atoms with Crippen LogP contribution in [0.1, 0.15) is 27.7 Å². The lowest BCUT2D eigenvalue weighted by molar-refractivity contribution is 0.559. The number of anilines is 2. The molecule has 0 bridgehead atoms. The van der Waals surface area contributed by atoms with E-state index in [1.54, 1.807) is 0 Å². The van der Waals surface area contributed by atoms with Crippen molar-refractivity contribution < 1.29 is 0 Å². The molecule has 1 heterocycles. The van der Waals surface area contributed by atoms with Crippen LogP contribution in [0.5, 0.6) is 0 Å². The lowest BCUT2D eigenvalue weighted by Crippen LogP contribution is -2.22. The number of nitrogens with one attached hydrogen (secondary N) is 2. The molecule has 4 nitrogen and oxygen atoms in total. The molecule has 19 heavy (non-hydrogen) atoms. The molecular weight excluding hydrogens is 236 g/mol. The van der Waals surface area contributed by atoms with E-state index in [0.717, 1.165) is 23.3 Å². The molecule has 0 spiro atoms. The topological polar surface area (TPSA) is 49.8 Å². The maximum absolute atomic E-state index is 4.58. The summed E-state index contributed by atoms with van der Waals surface area (Å²) in [6, 6.07) is 8.46. The number of aromatic nitrogens is 2. The van der Waals surface area contributed by atoms with E-state index in [0.29, 0.717) is 17.9 Å². The molecule has 0 aliphatic rings. The van der Waals surface area contributed by atoms with Crippen LogP contribution in [-0.4, -0.2) is 22.6 Å². The Morgan fingerprint density at radius 2 is 1.84 bits per heavy atom. The molecular formula is C15H22N4. The average Bonchev–Trinajstić information content (AvgIpc) is 2.39. The van der Waals surface area contributed by atoms with Gasteiger partial charge in [0.25, 0.3) is 0 Å². The van der Waals surface area contributed by atoms with Gasteiger partial charge in [0, 0.05) is 18.0 Å². The van der Waals surface area contributed by atoms with Gasteiger partial charge in [-0.25, -0.2) is 4.98 Å². The summed E-state index contributed by atoms with van der Waals surface area (Å²) in [5.41, 5.74) is 0.965. The van der Waals surface area contributed by atoms with E-state index < -0.39 is 0 Å². The lowest BCUT2D eigenvalue weighted by Gasteiger charge is -2.19. The number of hydrogen-bond donors (Lipinski definition) is 2. The van der Waals surface area contributed by atoms with E-state index in [1.807, 2.05) is 25.1 Å². The standard InChI is InChI=1S/C15H22N4/c1-5-16-15-18-13-9-7-6-8-12(13)14(19-15)17-11(4)10(2)3/h6-11H,5H2,1-4H3,(H2,16,17,18,19). The van der Waals surface area contributed by atoms with Crippen LogP contribution in [0.2, 0.25) is 0 Å². The normalized spacial score (nSPS) is 12.7. The van der Waals surface area contributed by atoms with Crippen molar-refractivity contribution in [2.24, 2.45) is 5.92 Å². The molecule has 1 atom stereocenters. The van der Waals surface area contributed by atoms with Gasteiger partial charge < -0.3 is 10.6 Å². The molecule has 2 rings (SSSR count). The van der Waals surface area contributed by atoms with Gasteiger partial charge in [-0.1, -0.05) is 26.0 Å². The van der Waals surface area contributed by atoms with Crippen LogP contribution < -0.4 is 10.6 Å². The first kappa shape index (κ1) is 13.6. The van der Waals surface area contributed by atoms with Crippen molar-refractivity contribution in [2.75, 3.05) is 17.2 Å². The number of para-hydroxylation sites is 1. The van der Waals surface area contributed by atoms with Gasteiger partial charge in [0.05, 0.1) is 5.52 Å². The Morgan fingerprint density at radius 3 is 2.53 bits per heavy atom. The second-order valence-electron chi connectivity index (χ2n) is 5.12. The number of fused-ring (bicyclic) bond motifs is 1. The van der Waals surface area contributed by atoms with Gasteiger partial charge in [0.2, 0.25) is 5.95 Å². The first-order chi connectivity index (χ1) is 9.11. The molecule has 4 heteroatoms. The van der Waals surface area contributed by atoms with Crippen molar-refractivity contribution in [3.05, 3.63) is 24.3 Å². The summed E-state index contributed by atoms with van der Waals surface area (Å²) in [5, 5.41) is 7.74. The van der Waals surface area contributed by atoms with E-state index in [1.165, 1.54) is 0 Å². The number of benzene rings is 1. The summed E-state index contributed by atoms with van der Waals surface area (Å²) in [6.07, 6.45) is 0. The van der Waals surface area contributed by atoms with Crippen molar-refractivity contribution in [3.63, 3.8) is 0 Å². The highest BCUT2D eigenvalue weighted by molar-refractivity contribution is 5.90. The van der Waals surface area contributed by atoms with E-state index in [-0.39, 0.29) is 0 Å². The van der Waals surface area contributed by atoms with Gasteiger partial charge in [-0.15, -0.1) is 0 Å². The van der Waals surface area contributed by atoms with Crippen LogP contribution in [-0.2, 0) is 0 Å². The fourth-order valence-corrected chi connectivity index (χ4v) is 1.81. The molecule has 1 unspecified atom stereocenters. The minimum absolute atomic E-state index is 0.368. The molecule has 2 aromatic rings. The predicted molar refractivity (Wildman–Crippen MR) is 81.6 cm³/mol. The third-order valence-electron chi connectivity index (χ3n) is 3.30. The fraction of sp³-hybridized carbons (Fsp3) is 0.467. The fourth-order valence-electron chi connectivity index (χ4n) is 1.81. The van der Waals surface area contributed by atoms with Crippen molar-refractivity contribution in [2.45, 2.75) is 33.7 Å². The highest BCUT2D eigenvalue weighted by Gasteiger charge is 2.11. The SMILES string of the molecule is CCNc1nc(NC(C)C(C)C)c2ccccc2n1. The molecule has 102 valence electrons.